The number of nitrogens with one attached hydrogen (secondary N) is 1. The second kappa shape index (κ2) is 5.68. The molecule has 3 nitrogen and oxygen atoms in total. The summed E-state index contributed by atoms with van der Waals surface area (Å²) in [6.07, 6.45) is 6.43. The fraction of sp³-hybridized carbons (Fsp3) is 0.471. The van der Waals surface area contributed by atoms with Crippen LogP contribution in [0.5, 0.6) is 0 Å². The van der Waals surface area contributed by atoms with E-state index in [1.807, 2.05) is 18.2 Å². The van der Waals surface area contributed by atoms with E-state index in [1.165, 1.54) is 4.90 Å². The zero-order valence-electron chi connectivity index (χ0n) is 12.3. The van der Waals surface area contributed by atoms with Crippen LogP contribution in [0.15, 0.2) is 30.3 Å². The Morgan fingerprint density at radius 3 is 2.65 bits per heavy atom. The summed E-state index contributed by atoms with van der Waals surface area (Å²) in [5, 5.41) is 0. The Bertz CT molecular complexity index is 520. The molecular formula is C17H22NO2+. The van der Waals surface area contributed by atoms with Crippen LogP contribution in [0.25, 0.3) is 0 Å². The third-order valence-corrected chi connectivity index (χ3v) is 4.40. The molecule has 0 radical (unpaired) electrons. The van der Waals surface area contributed by atoms with Crippen molar-refractivity contribution >= 4 is 5.97 Å². The summed E-state index contributed by atoms with van der Waals surface area (Å²) in [4.78, 5) is 13.7. The molecule has 1 aliphatic rings. The molecule has 1 aliphatic heterocycles. The van der Waals surface area contributed by atoms with Gasteiger partial charge in [-0.2, -0.15) is 0 Å². The molecule has 4 unspecified atom stereocenters. The van der Waals surface area contributed by atoms with E-state index in [0.717, 1.165) is 6.54 Å². The SMILES string of the molecule is C#CC1(OC(=O)c2ccccc2)CC(C)[NH+](C)CC1C. The van der Waals surface area contributed by atoms with Crippen molar-refractivity contribution in [1.82, 2.24) is 0 Å². The first-order chi connectivity index (χ1) is 9.48. The quantitative estimate of drug-likeness (QED) is 0.647. The van der Waals surface area contributed by atoms with Crippen molar-refractivity contribution in [2.24, 2.45) is 5.92 Å². The van der Waals surface area contributed by atoms with E-state index in [4.69, 9.17) is 11.2 Å². The Balaban J connectivity index is 2.20. The van der Waals surface area contributed by atoms with Gasteiger partial charge in [-0.1, -0.05) is 31.0 Å². The Morgan fingerprint density at radius 2 is 2.05 bits per heavy atom. The molecule has 0 aliphatic carbocycles. The van der Waals surface area contributed by atoms with Crippen LogP contribution in [0.1, 0.15) is 30.6 Å². The molecule has 1 aromatic carbocycles. The number of likely N-dealkylation sites (tertiary alicyclic amines) is 1. The third-order valence-electron chi connectivity index (χ3n) is 4.40. The molecule has 20 heavy (non-hydrogen) atoms. The van der Waals surface area contributed by atoms with Gasteiger partial charge in [-0.15, -0.1) is 6.42 Å². The number of ether oxygens (including phenoxy) is 1. The molecule has 106 valence electrons. The highest BCUT2D eigenvalue weighted by Gasteiger charge is 2.47. The summed E-state index contributed by atoms with van der Waals surface area (Å²) in [7, 11) is 2.15. The van der Waals surface area contributed by atoms with Crippen molar-refractivity contribution in [3.8, 4) is 12.3 Å². The fourth-order valence-corrected chi connectivity index (χ4v) is 2.85. The van der Waals surface area contributed by atoms with Crippen molar-refractivity contribution in [3.05, 3.63) is 35.9 Å². The van der Waals surface area contributed by atoms with Gasteiger partial charge in [0, 0.05) is 0 Å². The molecule has 0 spiro atoms. The number of terminal acetylenes is 1. The molecule has 4 atom stereocenters. The summed E-state index contributed by atoms with van der Waals surface area (Å²) in [5.41, 5.74) is -0.237. The molecule has 0 saturated carbocycles. The van der Waals surface area contributed by atoms with Gasteiger partial charge in [0.15, 0.2) is 5.60 Å². The predicted molar refractivity (Wildman–Crippen MR) is 78.4 cm³/mol. The molecule has 1 heterocycles. The van der Waals surface area contributed by atoms with Crippen LogP contribution in [0, 0.1) is 18.3 Å². The minimum absolute atomic E-state index is 0.149. The van der Waals surface area contributed by atoms with Crippen molar-refractivity contribution in [1.29, 1.82) is 0 Å². The molecule has 0 aromatic heterocycles. The summed E-state index contributed by atoms with van der Waals surface area (Å²) in [6.45, 7) is 5.12. The highest BCUT2D eigenvalue weighted by atomic mass is 16.6. The predicted octanol–water partition coefficient (Wildman–Crippen LogP) is 1.16. The van der Waals surface area contributed by atoms with E-state index in [9.17, 15) is 4.79 Å². The summed E-state index contributed by atoms with van der Waals surface area (Å²) in [5.74, 6) is 2.58. The molecule has 0 amide bonds. The molecule has 2 rings (SSSR count). The summed E-state index contributed by atoms with van der Waals surface area (Å²) < 4.78 is 5.76. The average Bonchev–Trinajstić information content (AvgIpc) is 2.45. The van der Waals surface area contributed by atoms with Crippen molar-refractivity contribution < 1.29 is 14.4 Å². The van der Waals surface area contributed by atoms with Crippen LogP contribution in [0.2, 0.25) is 0 Å². The molecular weight excluding hydrogens is 250 g/mol. The maximum absolute atomic E-state index is 12.3. The number of hydrogen-bond donors (Lipinski definition) is 1. The van der Waals surface area contributed by atoms with E-state index >= 15 is 0 Å². The van der Waals surface area contributed by atoms with Crippen LogP contribution in [0.3, 0.4) is 0 Å². The monoisotopic (exact) mass is 272 g/mol. The second-order valence-electron chi connectivity index (χ2n) is 5.85. The maximum Gasteiger partial charge on any atom is 0.339 e. The third kappa shape index (κ3) is 2.71. The van der Waals surface area contributed by atoms with Gasteiger partial charge in [0.1, 0.15) is 0 Å². The number of piperidine rings is 1. The van der Waals surface area contributed by atoms with E-state index in [-0.39, 0.29) is 11.9 Å². The number of benzene rings is 1. The Hall–Kier alpha value is -1.79. The topological polar surface area (TPSA) is 30.7 Å². The van der Waals surface area contributed by atoms with Crippen LogP contribution in [-0.2, 0) is 4.74 Å². The van der Waals surface area contributed by atoms with Crippen molar-refractivity contribution in [2.75, 3.05) is 13.6 Å². The number of rotatable bonds is 2. The first-order valence-electron chi connectivity index (χ1n) is 7.07. The van der Waals surface area contributed by atoms with Gasteiger partial charge >= 0.3 is 5.97 Å². The van der Waals surface area contributed by atoms with Gasteiger partial charge < -0.3 is 9.64 Å². The summed E-state index contributed by atoms with van der Waals surface area (Å²) >= 11 is 0. The van der Waals surface area contributed by atoms with Gasteiger partial charge in [0.2, 0.25) is 0 Å². The Kier molecular flexibility index (Phi) is 4.15. The lowest BCUT2D eigenvalue weighted by Crippen LogP contribution is -3.15. The van der Waals surface area contributed by atoms with Crippen LogP contribution in [-0.4, -0.2) is 31.2 Å². The first kappa shape index (κ1) is 14.6. The van der Waals surface area contributed by atoms with E-state index in [1.54, 1.807) is 12.1 Å². The Labute approximate surface area is 120 Å². The van der Waals surface area contributed by atoms with E-state index in [2.05, 4.69) is 26.8 Å². The standard InChI is InChI=1S/C17H21NO2/c1-5-17(11-14(3)18(4)12-13(17)2)20-16(19)15-9-7-6-8-10-15/h1,6-10,13-14H,11-12H2,2-4H3/p+1. The Morgan fingerprint density at radius 1 is 1.40 bits per heavy atom. The number of esters is 1. The average molecular weight is 272 g/mol. The number of hydrogen-bond acceptors (Lipinski definition) is 2. The van der Waals surface area contributed by atoms with Crippen LogP contribution < -0.4 is 4.90 Å². The minimum atomic E-state index is -0.786. The van der Waals surface area contributed by atoms with Gasteiger partial charge in [0.25, 0.3) is 0 Å². The zero-order valence-corrected chi connectivity index (χ0v) is 12.3. The smallest absolute Gasteiger partial charge is 0.339 e. The lowest BCUT2D eigenvalue weighted by atomic mass is 9.79. The number of carbonyl (C=O) groups is 1. The number of carbonyl (C=O) groups excluding carboxylic acids is 1. The number of quaternary nitrogens is 1. The molecule has 1 N–H and O–H groups in total. The summed E-state index contributed by atoms with van der Waals surface area (Å²) in [6, 6.07) is 9.40. The molecule has 1 aromatic rings. The van der Waals surface area contributed by atoms with Gasteiger partial charge in [0.05, 0.1) is 37.5 Å². The van der Waals surface area contributed by atoms with Crippen molar-refractivity contribution in [2.45, 2.75) is 31.9 Å². The first-order valence-corrected chi connectivity index (χ1v) is 7.07. The lowest BCUT2D eigenvalue weighted by Gasteiger charge is -2.42. The highest BCUT2D eigenvalue weighted by Crippen LogP contribution is 2.29. The molecule has 3 heteroatoms. The normalized spacial score (nSPS) is 33.2. The molecule has 1 fully saturated rings. The zero-order chi connectivity index (χ0) is 14.8. The second-order valence-corrected chi connectivity index (χ2v) is 5.85. The van der Waals surface area contributed by atoms with Gasteiger partial charge in [-0.3, -0.25) is 0 Å². The molecule has 1 saturated heterocycles. The van der Waals surface area contributed by atoms with Crippen LogP contribution >= 0.6 is 0 Å². The van der Waals surface area contributed by atoms with Crippen molar-refractivity contribution in [3.63, 3.8) is 0 Å². The van der Waals surface area contributed by atoms with Gasteiger partial charge in [-0.05, 0) is 19.1 Å². The minimum Gasteiger partial charge on any atom is -0.441 e. The van der Waals surface area contributed by atoms with E-state index < -0.39 is 5.60 Å². The van der Waals surface area contributed by atoms with E-state index in [0.29, 0.717) is 18.0 Å². The largest absolute Gasteiger partial charge is 0.441 e. The maximum atomic E-state index is 12.3. The van der Waals surface area contributed by atoms with Crippen LogP contribution in [0.4, 0.5) is 0 Å². The molecule has 0 bridgehead atoms. The lowest BCUT2D eigenvalue weighted by molar-refractivity contribution is -0.915. The fourth-order valence-electron chi connectivity index (χ4n) is 2.85. The highest BCUT2D eigenvalue weighted by molar-refractivity contribution is 5.89. The van der Waals surface area contributed by atoms with Gasteiger partial charge in [-0.25, -0.2) is 4.79 Å².